The predicted octanol–water partition coefficient (Wildman–Crippen LogP) is 2.35. The molecule has 124 valence electrons. The molecule has 1 aliphatic rings. The summed E-state index contributed by atoms with van der Waals surface area (Å²) in [7, 11) is 2.96. The first kappa shape index (κ1) is 17.1. The van der Waals surface area contributed by atoms with Crippen LogP contribution in [0.2, 0.25) is 0 Å². The van der Waals surface area contributed by atoms with Gasteiger partial charge in [0.2, 0.25) is 5.91 Å². The van der Waals surface area contributed by atoms with Crippen molar-refractivity contribution in [3.8, 4) is 5.75 Å². The number of hydrogen-bond donors (Lipinski definition) is 1. The second-order valence-electron chi connectivity index (χ2n) is 5.63. The zero-order chi connectivity index (χ0) is 16.7. The molecule has 1 amide bonds. The minimum absolute atomic E-state index is 0.0559. The van der Waals surface area contributed by atoms with Crippen molar-refractivity contribution in [2.45, 2.75) is 31.1 Å². The van der Waals surface area contributed by atoms with Crippen molar-refractivity contribution in [2.75, 3.05) is 20.8 Å². The van der Waals surface area contributed by atoms with Crippen LogP contribution in [0.5, 0.6) is 5.75 Å². The van der Waals surface area contributed by atoms with E-state index in [0.29, 0.717) is 13.0 Å². The van der Waals surface area contributed by atoms with Gasteiger partial charge in [0.05, 0.1) is 19.6 Å². The Bertz CT molecular complexity index is 573. The highest BCUT2D eigenvalue weighted by molar-refractivity contribution is 5.89. The second-order valence-corrected chi connectivity index (χ2v) is 5.63. The first-order valence-corrected chi connectivity index (χ1v) is 7.80. The molecule has 1 fully saturated rings. The van der Waals surface area contributed by atoms with E-state index < -0.39 is 5.41 Å². The molecule has 1 saturated carbocycles. The Labute approximate surface area is 136 Å². The van der Waals surface area contributed by atoms with E-state index in [1.54, 1.807) is 13.2 Å². The quantitative estimate of drug-likeness (QED) is 0.476. The number of benzene rings is 1. The maximum Gasteiger partial charge on any atom is 0.330 e. The van der Waals surface area contributed by atoms with Crippen LogP contribution in [-0.4, -0.2) is 32.6 Å². The summed E-state index contributed by atoms with van der Waals surface area (Å²) < 4.78 is 9.68. The largest absolute Gasteiger partial charge is 0.497 e. The van der Waals surface area contributed by atoms with Crippen LogP contribution in [0.4, 0.5) is 0 Å². The van der Waals surface area contributed by atoms with E-state index in [4.69, 9.17) is 4.74 Å². The minimum atomic E-state index is -0.418. The van der Waals surface area contributed by atoms with Crippen LogP contribution in [0.1, 0.15) is 31.2 Å². The monoisotopic (exact) mass is 317 g/mol. The van der Waals surface area contributed by atoms with E-state index in [2.05, 4.69) is 10.1 Å². The van der Waals surface area contributed by atoms with E-state index in [1.807, 2.05) is 24.3 Å². The zero-order valence-electron chi connectivity index (χ0n) is 13.6. The number of hydrogen-bond acceptors (Lipinski definition) is 4. The smallest absolute Gasteiger partial charge is 0.330 e. The van der Waals surface area contributed by atoms with Crippen LogP contribution >= 0.6 is 0 Å². The maximum atomic E-state index is 12.6. The summed E-state index contributed by atoms with van der Waals surface area (Å²) >= 11 is 0. The van der Waals surface area contributed by atoms with Crippen molar-refractivity contribution in [3.63, 3.8) is 0 Å². The number of methoxy groups -OCH3 is 2. The van der Waals surface area contributed by atoms with Gasteiger partial charge in [0.1, 0.15) is 5.75 Å². The van der Waals surface area contributed by atoms with Crippen LogP contribution < -0.4 is 10.1 Å². The third kappa shape index (κ3) is 3.92. The van der Waals surface area contributed by atoms with E-state index in [-0.39, 0.29) is 11.9 Å². The van der Waals surface area contributed by atoms with Gasteiger partial charge in [0, 0.05) is 12.6 Å². The summed E-state index contributed by atoms with van der Waals surface area (Å²) in [5.74, 6) is 0.460. The van der Waals surface area contributed by atoms with E-state index in [0.717, 1.165) is 30.6 Å². The fourth-order valence-electron chi connectivity index (χ4n) is 2.77. The number of carbonyl (C=O) groups excluding carboxylic acids is 2. The van der Waals surface area contributed by atoms with Gasteiger partial charge in [-0.3, -0.25) is 4.79 Å². The molecule has 2 rings (SSSR count). The standard InChI is InChI=1S/C18H23NO4/c1-22-15-9-7-14(8-10-15)18(11-5-12-18)17(21)19-13-4-3-6-16(20)23-2/h3,6-10H,4-5,11-13H2,1-2H3,(H,19,21)/b6-3+. The molecule has 0 bridgehead atoms. The first-order chi connectivity index (χ1) is 11.1. The van der Waals surface area contributed by atoms with E-state index >= 15 is 0 Å². The number of rotatable bonds is 7. The molecule has 0 radical (unpaired) electrons. The molecule has 0 spiro atoms. The van der Waals surface area contributed by atoms with Crippen molar-refractivity contribution in [1.82, 2.24) is 5.32 Å². The number of esters is 1. The second kappa shape index (κ2) is 7.81. The topological polar surface area (TPSA) is 64.6 Å². The zero-order valence-corrected chi connectivity index (χ0v) is 13.6. The van der Waals surface area contributed by atoms with Gasteiger partial charge in [-0.2, -0.15) is 0 Å². The van der Waals surface area contributed by atoms with Crippen LogP contribution in [0, 0.1) is 0 Å². The maximum absolute atomic E-state index is 12.6. The van der Waals surface area contributed by atoms with Crippen LogP contribution in [0.3, 0.4) is 0 Å². The lowest BCUT2D eigenvalue weighted by atomic mass is 9.64. The molecule has 0 heterocycles. The van der Waals surface area contributed by atoms with Gasteiger partial charge in [-0.15, -0.1) is 0 Å². The molecule has 0 aromatic heterocycles. The number of nitrogens with one attached hydrogen (secondary N) is 1. The first-order valence-electron chi connectivity index (χ1n) is 7.80. The molecule has 0 unspecified atom stereocenters. The number of carbonyl (C=O) groups is 2. The SMILES string of the molecule is COC(=O)/C=C/CCNC(=O)C1(c2ccc(OC)cc2)CCC1. The third-order valence-electron chi connectivity index (χ3n) is 4.34. The lowest BCUT2D eigenvalue weighted by Gasteiger charge is -2.40. The van der Waals surface area contributed by atoms with E-state index in [9.17, 15) is 9.59 Å². The molecule has 1 aromatic rings. The molecule has 23 heavy (non-hydrogen) atoms. The number of amides is 1. The Hall–Kier alpha value is -2.30. The number of ether oxygens (including phenoxy) is 2. The average molecular weight is 317 g/mol. The van der Waals surface area contributed by atoms with Crippen molar-refractivity contribution < 1.29 is 19.1 Å². The molecule has 5 nitrogen and oxygen atoms in total. The highest BCUT2D eigenvalue weighted by Crippen LogP contribution is 2.44. The summed E-state index contributed by atoms with van der Waals surface area (Å²) in [6.45, 7) is 0.504. The highest BCUT2D eigenvalue weighted by Gasteiger charge is 2.45. The Morgan fingerprint density at radius 1 is 1.22 bits per heavy atom. The van der Waals surface area contributed by atoms with Gasteiger partial charge >= 0.3 is 5.97 Å². The normalized spacial score (nSPS) is 15.7. The lowest BCUT2D eigenvalue weighted by Crippen LogP contribution is -2.49. The molecule has 5 heteroatoms. The van der Waals surface area contributed by atoms with Crippen LogP contribution in [0.25, 0.3) is 0 Å². The van der Waals surface area contributed by atoms with Crippen molar-refractivity contribution in [1.29, 1.82) is 0 Å². The molecule has 0 saturated heterocycles. The van der Waals surface area contributed by atoms with Gasteiger partial charge in [-0.1, -0.05) is 24.6 Å². The third-order valence-corrected chi connectivity index (χ3v) is 4.34. The highest BCUT2D eigenvalue weighted by atomic mass is 16.5. The van der Waals surface area contributed by atoms with Gasteiger partial charge in [0.15, 0.2) is 0 Å². The fourth-order valence-corrected chi connectivity index (χ4v) is 2.77. The molecule has 1 aliphatic carbocycles. The Morgan fingerprint density at radius 2 is 1.91 bits per heavy atom. The van der Waals surface area contributed by atoms with Crippen molar-refractivity contribution in [3.05, 3.63) is 42.0 Å². The Morgan fingerprint density at radius 3 is 2.43 bits per heavy atom. The molecule has 0 atom stereocenters. The summed E-state index contributed by atoms with van der Waals surface area (Å²) in [4.78, 5) is 23.6. The summed E-state index contributed by atoms with van der Waals surface area (Å²) in [6, 6.07) is 7.72. The summed E-state index contributed by atoms with van der Waals surface area (Å²) in [5.41, 5.74) is 0.616. The molecule has 1 N–H and O–H groups in total. The minimum Gasteiger partial charge on any atom is -0.497 e. The Balaban J connectivity index is 1.92. The molecule has 1 aromatic carbocycles. The summed E-state index contributed by atoms with van der Waals surface area (Å²) in [5, 5.41) is 2.97. The molecular weight excluding hydrogens is 294 g/mol. The molecule has 0 aliphatic heterocycles. The lowest BCUT2D eigenvalue weighted by molar-refractivity contribution is -0.134. The van der Waals surface area contributed by atoms with Crippen molar-refractivity contribution >= 4 is 11.9 Å². The molecular formula is C18H23NO4. The van der Waals surface area contributed by atoms with Crippen molar-refractivity contribution in [2.24, 2.45) is 0 Å². The van der Waals surface area contributed by atoms with Gasteiger partial charge < -0.3 is 14.8 Å². The van der Waals surface area contributed by atoms with Crippen LogP contribution in [-0.2, 0) is 19.7 Å². The average Bonchev–Trinajstić information content (AvgIpc) is 2.54. The van der Waals surface area contributed by atoms with Crippen LogP contribution in [0.15, 0.2) is 36.4 Å². The summed E-state index contributed by atoms with van der Waals surface area (Å²) in [6.07, 6.45) is 6.45. The Kier molecular flexibility index (Phi) is 5.79. The van der Waals surface area contributed by atoms with Gasteiger partial charge in [0.25, 0.3) is 0 Å². The van der Waals surface area contributed by atoms with Gasteiger partial charge in [-0.25, -0.2) is 4.79 Å². The fraction of sp³-hybridized carbons (Fsp3) is 0.444. The van der Waals surface area contributed by atoms with Gasteiger partial charge in [-0.05, 0) is 37.0 Å². The predicted molar refractivity (Wildman–Crippen MR) is 87.3 cm³/mol. The van der Waals surface area contributed by atoms with E-state index in [1.165, 1.54) is 13.2 Å².